The average molecular weight is 329 g/mol. The van der Waals surface area contributed by atoms with Gasteiger partial charge in [-0.05, 0) is 5.56 Å². The maximum Gasteiger partial charge on any atom is 0.230 e. The fraction of sp³-hybridized carbons (Fsp3) is 0.412. The monoisotopic (exact) mass is 329 g/mol. The molecule has 2 heterocycles. The molecule has 0 atom stereocenters. The van der Waals surface area contributed by atoms with Crippen LogP contribution in [-0.4, -0.2) is 51.7 Å². The molecule has 0 aromatic heterocycles. The van der Waals surface area contributed by atoms with Crippen LogP contribution in [0.1, 0.15) is 31.2 Å². The quantitative estimate of drug-likeness (QED) is 0.718. The Morgan fingerprint density at radius 1 is 0.708 bits per heavy atom. The summed E-state index contributed by atoms with van der Waals surface area (Å²) in [4.78, 5) is 51.7. The molecule has 0 bridgehead atoms. The van der Waals surface area contributed by atoms with Crippen LogP contribution in [0, 0.1) is 0 Å². The molecule has 7 heteroatoms. The van der Waals surface area contributed by atoms with Crippen LogP contribution in [0.4, 0.5) is 0 Å². The fourth-order valence-corrected chi connectivity index (χ4v) is 2.95. The zero-order valence-corrected chi connectivity index (χ0v) is 13.3. The van der Waals surface area contributed by atoms with E-state index >= 15 is 0 Å². The van der Waals surface area contributed by atoms with Crippen molar-refractivity contribution in [3.63, 3.8) is 0 Å². The summed E-state index contributed by atoms with van der Waals surface area (Å²) in [5.41, 5.74) is 0.982. The molecule has 7 nitrogen and oxygen atoms in total. The van der Waals surface area contributed by atoms with Gasteiger partial charge < -0.3 is 0 Å². The van der Waals surface area contributed by atoms with Crippen molar-refractivity contribution < 1.29 is 19.2 Å². The van der Waals surface area contributed by atoms with Gasteiger partial charge in [0, 0.05) is 32.2 Å². The van der Waals surface area contributed by atoms with Crippen molar-refractivity contribution in [3.8, 4) is 0 Å². The third kappa shape index (κ3) is 3.51. The summed E-state index contributed by atoms with van der Waals surface area (Å²) in [5, 5.41) is 0. The molecular formula is C17H19N3O4. The van der Waals surface area contributed by atoms with Gasteiger partial charge >= 0.3 is 0 Å². The molecule has 1 aromatic carbocycles. The Morgan fingerprint density at radius 3 is 1.54 bits per heavy atom. The highest BCUT2D eigenvalue weighted by atomic mass is 16.2. The normalized spacial score (nSPS) is 18.4. The first kappa shape index (κ1) is 16.3. The first-order valence-electron chi connectivity index (χ1n) is 7.97. The number of likely N-dealkylation sites (tertiary alicyclic amines) is 2. The Hall–Kier alpha value is -2.54. The van der Waals surface area contributed by atoms with Gasteiger partial charge in [0.05, 0.1) is 13.3 Å². The maximum atomic E-state index is 11.9. The zero-order chi connectivity index (χ0) is 17.1. The molecule has 2 fully saturated rings. The van der Waals surface area contributed by atoms with E-state index in [4.69, 9.17) is 0 Å². The topological polar surface area (TPSA) is 78.0 Å². The number of nitrogens with zero attached hydrogens (tertiary/aromatic N) is 3. The van der Waals surface area contributed by atoms with Gasteiger partial charge in [-0.3, -0.25) is 33.9 Å². The minimum Gasteiger partial charge on any atom is -0.274 e. The molecule has 2 aliphatic rings. The van der Waals surface area contributed by atoms with E-state index in [0.29, 0.717) is 6.54 Å². The number of carbonyl (C=O) groups excluding carboxylic acids is 4. The Morgan fingerprint density at radius 2 is 1.12 bits per heavy atom. The van der Waals surface area contributed by atoms with Crippen molar-refractivity contribution in [1.82, 2.24) is 14.7 Å². The molecule has 0 spiro atoms. The largest absolute Gasteiger partial charge is 0.274 e. The van der Waals surface area contributed by atoms with Crippen molar-refractivity contribution in [2.24, 2.45) is 0 Å². The van der Waals surface area contributed by atoms with E-state index < -0.39 is 0 Å². The second-order valence-electron chi connectivity index (χ2n) is 6.03. The second kappa shape index (κ2) is 6.92. The van der Waals surface area contributed by atoms with E-state index in [-0.39, 0.29) is 62.6 Å². The highest BCUT2D eigenvalue weighted by Crippen LogP contribution is 2.17. The lowest BCUT2D eigenvalue weighted by atomic mass is 10.2. The Bertz CT molecular complexity index is 604. The molecular weight excluding hydrogens is 310 g/mol. The molecule has 0 unspecified atom stereocenters. The van der Waals surface area contributed by atoms with E-state index in [0.717, 1.165) is 5.56 Å². The summed E-state index contributed by atoms with van der Waals surface area (Å²) < 4.78 is 0. The summed E-state index contributed by atoms with van der Waals surface area (Å²) in [6.45, 7) is 0.613. The number of amides is 4. The lowest BCUT2D eigenvalue weighted by Crippen LogP contribution is -2.47. The number of carbonyl (C=O) groups is 4. The van der Waals surface area contributed by atoms with Gasteiger partial charge in [0.2, 0.25) is 23.6 Å². The number of hydrogen-bond acceptors (Lipinski definition) is 5. The fourth-order valence-electron chi connectivity index (χ4n) is 2.95. The van der Waals surface area contributed by atoms with E-state index in [1.54, 1.807) is 4.90 Å². The highest BCUT2D eigenvalue weighted by Gasteiger charge is 2.34. The average Bonchev–Trinajstić information content (AvgIpc) is 3.06. The summed E-state index contributed by atoms with van der Waals surface area (Å²) >= 11 is 0. The van der Waals surface area contributed by atoms with Crippen LogP contribution in [-0.2, 0) is 25.7 Å². The van der Waals surface area contributed by atoms with Gasteiger partial charge in [-0.1, -0.05) is 30.3 Å². The third-order valence-electron chi connectivity index (χ3n) is 4.24. The van der Waals surface area contributed by atoms with Gasteiger partial charge in [0.1, 0.15) is 0 Å². The van der Waals surface area contributed by atoms with Crippen molar-refractivity contribution >= 4 is 23.6 Å². The third-order valence-corrected chi connectivity index (χ3v) is 4.24. The van der Waals surface area contributed by atoms with E-state index in [1.165, 1.54) is 9.80 Å². The van der Waals surface area contributed by atoms with Crippen LogP contribution in [0.5, 0.6) is 0 Å². The molecule has 1 aromatic rings. The molecule has 24 heavy (non-hydrogen) atoms. The molecule has 4 amide bonds. The summed E-state index contributed by atoms with van der Waals surface area (Å²) in [5.74, 6) is -0.844. The molecule has 126 valence electrons. The maximum absolute atomic E-state index is 11.9. The predicted molar refractivity (Wildman–Crippen MR) is 83.9 cm³/mol. The van der Waals surface area contributed by atoms with E-state index in [9.17, 15) is 19.2 Å². The highest BCUT2D eigenvalue weighted by molar-refractivity contribution is 6.02. The molecule has 0 saturated carbocycles. The summed E-state index contributed by atoms with van der Waals surface area (Å²) in [6, 6.07) is 9.54. The minimum atomic E-state index is -0.211. The van der Waals surface area contributed by atoms with E-state index in [2.05, 4.69) is 0 Å². The van der Waals surface area contributed by atoms with Crippen LogP contribution in [0.3, 0.4) is 0 Å². The minimum absolute atomic E-state index is 0.0869. The Balaban J connectivity index is 1.75. The Kier molecular flexibility index (Phi) is 4.71. The molecule has 0 aliphatic carbocycles. The lowest BCUT2D eigenvalue weighted by molar-refractivity contribution is -0.144. The van der Waals surface area contributed by atoms with Crippen molar-refractivity contribution in [2.75, 3.05) is 13.3 Å². The van der Waals surface area contributed by atoms with Crippen LogP contribution >= 0.6 is 0 Å². The smallest absolute Gasteiger partial charge is 0.230 e. The van der Waals surface area contributed by atoms with Gasteiger partial charge in [-0.15, -0.1) is 0 Å². The van der Waals surface area contributed by atoms with Crippen LogP contribution < -0.4 is 0 Å². The summed E-state index contributed by atoms with van der Waals surface area (Å²) in [6.07, 6.45) is 0.887. The van der Waals surface area contributed by atoms with Gasteiger partial charge in [0.15, 0.2) is 0 Å². The van der Waals surface area contributed by atoms with Crippen LogP contribution in [0.15, 0.2) is 30.3 Å². The standard InChI is InChI=1S/C17H19N3O4/c21-14-6-7-15(22)19(14)11-18(10-13-4-2-1-3-5-13)12-20-16(23)8-9-17(20)24/h1-5H,6-12H2. The predicted octanol–water partition coefficient (Wildman–Crippen LogP) is 0.702. The number of rotatable bonds is 6. The first-order chi connectivity index (χ1) is 11.5. The SMILES string of the molecule is O=C1CCC(=O)N1CN(Cc1ccccc1)CN1C(=O)CCC1=O. The van der Waals surface area contributed by atoms with Crippen molar-refractivity contribution in [3.05, 3.63) is 35.9 Å². The second-order valence-corrected chi connectivity index (χ2v) is 6.03. The zero-order valence-electron chi connectivity index (χ0n) is 13.3. The lowest BCUT2D eigenvalue weighted by Gasteiger charge is -2.29. The Labute approximate surface area is 139 Å². The first-order valence-corrected chi connectivity index (χ1v) is 7.97. The van der Waals surface area contributed by atoms with Gasteiger partial charge in [0.25, 0.3) is 0 Å². The molecule has 0 N–H and O–H groups in total. The van der Waals surface area contributed by atoms with Gasteiger partial charge in [-0.2, -0.15) is 0 Å². The van der Waals surface area contributed by atoms with Crippen LogP contribution in [0.25, 0.3) is 0 Å². The van der Waals surface area contributed by atoms with Gasteiger partial charge in [-0.25, -0.2) is 0 Å². The number of imide groups is 2. The number of hydrogen-bond donors (Lipinski definition) is 0. The molecule has 0 radical (unpaired) electrons. The summed E-state index contributed by atoms with van der Waals surface area (Å²) in [7, 11) is 0. The molecule has 2 saturated heterocycles. The number of benzene rings is 1. The van der Waals surface area contributed by atoms with E-state index in [1.807, 2.05) is 30.3 Å². The molecule has 3 rings (SSSR count). The van der Waals surface area contributed by atoms with Crippen LogP contribution in [0.2, 0.25) is 0 Å². The van der Waals surface area contributed by atoms with Crippen molar-refractivity contribution in [2.45, 2.75) is 32.2 Å². The van der Waals surface area contributed by atoms with Crippen molar-refractivity contribution in [1.29, 1.82) is 0 Å². The molecule has 2 aliphatic heterocycles.